The van der Waals surface area contributed by atoms with Crippen molar-refractivity contribution in [3.8, 4) is 0 Å². The number of thiophene rings is 1. The summed E-state index contributed by atoms with van der Waals surface area (Å²) in [6, 6.07) is 12.0. The van der Waals surface area contributed by atoms with Crippen molar-refractivity contribution in [2.75, 3.05) is 31.6 Å². The van der Waals surface area contributed by atoms with E-state index in [1.807, 2.05) is 30.3 Å². The lowest BCUT2D eigenvalue weighted by molar-refractivity contribution is -0.192. The summed E-state index contributed by atoms with van der Waals surface area (Å²) in [5, 5.41) is 14.6. The van der Waals surface area contributed by atoms with Crippen LogP contribution in [-0.4, -0.2) is 54.4 Å². The molecule has 1 spiro atoms. The van der Waals surface area contributed by atoms with E-state index in [-0.39, 0.29) is 17.2 Å². The molecule has 2 N–H and O–H groups in total. The highest BCUT2D eigenvalue weighted by Gasteiger charge is 2.50. The molecule has 2 aromatic rings. The number of alkyl halides is 3. The molecule has 174 valence electrons. The van der Waals surface area contributed by atoms with Gasteiger partial charge in [0, 0.05) is 44.0 Å². The van der Waals surface area contributed by atoms with Gasteiger partial charge in [0.05, 0.1) is 5.92 Å². The molecular formula is C22H25F3N2O4S. The third kappa shape index (κ3) is 6.30. The maximum atomic E-state index is 13.1. The van der Waals surface area contributed by atoms with E-state index in [9.17, 15) is 18.0 Å². The molecular weight excluding hydrogens is 445 g/mol. The molecule has 1 amide bonds. The average Bonchev–Trinajstić information content (AvgIpc) is 3.37. The van der Waals surface area contributed by atoms with Crippen LogP contribution in [0.15, 0.2) is 47.2 Å². The minimum absolute atomic E-state index is 0.0234. The molecule has 3 heterocycles. The SMILES string of the molecule is O=C(Nc1ccccc1)C1CN(Cc2ccsc2)CC12CCOCC2.O=C(O)C(F)(F)F. The molecule has 1 aromatic heterocycles. The fourth-order valence-corrected chi connectivity index (χ4v) is 4.89. The minimum Gasteiger partial charge on any atom is -0.475 e. The van der Waals surface area contributed by atoms with Gasteiger partial charge in [0.2, 0.25) is 5.91 Å². The zero-order valence-corrected chi connectivity index (χ0v) is 18.1. The number of aliphatic carboxylic acids is 1. The molecule has 4 rings (SSSR count). The first-order valence-corrected chi connectivity index (χ1v) is 11.1. The zero-order valence-electron chi connectivity index (χ0n) is 17.3. The van der Waals surface area contributed by atoms with Crippen LogP contribution in [0.25, 0.3) is 0 Å². The Morgan fingerprint density at radius 1 is 1.19 bits per heavy atom. The van der Waals surface area contributed by atoms with Crippen molar-refractivity contribution < 1.29 is 32.6 Å². The lowest BCUT2D eigenvalue weighted by Gasteiger charge is -2.37. The highest BCUT2D eigenvalue weighted by atomic mass is 32.1. The number of anilines is 1. The normalized spacial score (nSPS) is 20.4. The Kier molecular flexibility index (Phi) is 7.91. The lowest BCUT2D eigenvalue weighted by atomic mass is 9.71. The standard InChI is InChI=1S/C20H24N2O2S.C2HF3O2/c23-19(21-17-4-2-1-3-5-17)18-13-22(12-16-6-11-25-14-16)15-20(18)7-9-24-10-8-20;3-2(4,5)1(6)7/h1-6,11,14,18H,7-10,12-13,15H2,(H,21,23);(H,6,7). The molecule has 0 saturated carbocycles. The van der Waals surface area contributed by atoms with Gasteiger partial charge in [-0.05, 0) is 47.4 Å². The first-order chi connectivity index (χ1) is 15.2. The number of para-hydroxylation sites is 1. The molecule has 6 nitrogen and oxygen atoms in total. The van der Waals surface area contributed by atoms with Crippen molar-refractivity contribution >= 4 is 28.9 Å². The maximum absolute atomic E-state index is 13.1. The van der Waals surface area contributed by atoms with Gasteiger partial charge in [0.15, 0.2) is 0 Å². The Bertz CT molecular complexity index is 884. The predicted molar refractivity (Wildman–Crippen MR) is 114 cm³/mol. The highest BCUT2D eigenvalue weighted by Crippen LogP contribution is 2.45. The number of nitrogens with zero attached hydrogens (tertiary/aromatic N) is 1. The number of ether oxygens (including phenoxy) is 1. The number of carboxylic acid groups (broad SMARTS) is 1. The largest absolute Gasteiger partial charge is 0.490 e. The van der Waals surface area contributed by atoms with Crippen LogP contribution in [-0.2, 0) is 20.9 Å². The molecule has 2 aliphatic rings. The van der Waals surface area contributed by atoms with Crippen LogP contribution >= 0.6 is 11.3 Å². The fourth-order valence-electron chi connectivity index (χ4n) is 4.23. The second-order valence-corrected chi connectivity index (χ2v) is 8.77. The summed E-state index contributed by atoms with van der Waals surface area (Å²) in [6.07, 6.45) is -3.14. The second-order valence-electron chi connectivity index (χ2n) is 7.99. The number of halogens is 3. The first-order valence-electron chi connectivity index (χ1n) is 10.2. The summed E-state index contributed by atoms with van der Waals surface area (Å²) in [6.45, 7) is 4.28. The van der Waals surface area contributed by atoms with E-state index in [0.717, 1.165) is 51.4 Å². The van der Waals surface area contributed by atoms with E-state index in [1.165, 1.54) is 5.56 Å². The number of hydrogen-bond donors (Lipinski definition) is 2. The minimum atomic E-state index is -5.08. The molecule has 2 saturated heterocycles. The van der Waals surface area contributed by atoms with Crippen molar-refractivity contribution in [3.63, 3.8) is 0 Å². The lowest BCUT2D eigenvalue weighted by Crippen LogP contribution is -2.42. The van der Waals surface area contributed by atoms with E-state index in [4.69, 9.17) is 14.6 Å². The van der Waals surface area contributed by atoms with Gasteiger partial charge in [-0.2, -0.15) is 24.5 Å². The number of hydrogen-bond acceptors (Lipinski definition) is 5. The van der Waals surface area contributed by atoms with Crippen molar-refractivity contribution in [2.45, 2.75) is 25.6 Å². The van der Waals surface area contributed by atoms with Crippen LogP contribution in [0.4, 0.5) is 18.9 Å². The Morgan fingerprint density at radius 3 is 2.41 bits per heavy atom. The van der Waals surface area contributed by atoms with E-state index >= 15 is 0 Å². The van der Waals surface area contributed by atoms with Gasteiger partial charge in [0.25, 0.3) is 0 Å². The Hall–Kier alpha value is -2.43. The average molecular weight is 471 g/mol. The van der Waals surface area contributed by atoms with Crippen molar-refractivity contribution in [1.29, 1.82) is 0 Å². The van der Waals surface area contributed by atoms with Gasteiger partial charge in [-0.3, -0.25) is 9.69 Å². The summed E-state index contributed by atoms with van der Waals surface area (Å²) in [5.74, 6) is -2.58. The summed E-state index contributed by atoms with van der Waals surface area (Å²) in [5.41, 5.74) is 2.27. The molecule has 10 heteroatoms. The van der Waals surface area contributed by atoms with E-state index in [2.05, 4.69) is 27.0 Å². The fraction of sp³-hybridized carbons (Fsp3) is 0.455. The van der Waals surface area contributed by atoms with Crippen LogP contribution in [0.5, 0.6) is 0 Å². The quantitative estimate of drug-likeness (QED) is 0.699. The number of benzene rings is 1. The van der Waals surface area contributed by atoms with E-state index < -0.39 is 12.1 Å². The van der Waals surface area contributed by atoms with Gasteiger partial charge in [-0.25, -0.2) is 4.79 Å². The number of carbonyl (C=O) groups excluding carboxylic acids is 1. The predicted octanol–water partition coefficient (Wildman–Crippen LogP) is 4.25. The molecule has 1 atom stereocenters. The Labute approximate surface area is 188 Å². The van der Waals surface area contributed by atoms with Gasteiger partial charge < -0.3 is 15.2 Å². The van der Waals surface area contributed by atoms with Gasteiger partial charge in [0.1, 0.15) is 0 Å². The highest BCUT2D eigenvalue weighted by molar-refractivity contribution is 7.07. The van der Waals surface area contributed by atoms with Gasteiger partial charge >= 0.3 is 12.1 Å². The van der Waals surface area contributed by atoms with Crippen LogP contribution in [0.2, 0.25) is 0 Å². The number of carbonyl (C=O) groups is 2. The van der Waals surface area contributed by atoms with E-state index in [1.54, 1.807) is 11.3 Å². The smallest absolute Gasteiger partial charge is 0.475 e. The molecule has 0 bridgehead atoms. The van der Waals surface area contributed by atoms with Crippen molar-refractivity contribution in [3.05, 3.63) is 52.7 Å². The third-order valence-electron chi connectivity index (χ3n) is 5.79. The second kappa shape index (κ2) is 10.5. The maximum Gasteiger partial charge on any atom is 0.490 e. The van der Waals surface area contributed by atoms with Crippen LogP contribution in [0.1, 0.15) is 18.4 Å². The van der Waals surface area contributed by atoms with Crippen LogP contribution in [0.3, 0.4) is 0 Å². The Balaban J connectivity index is 0.000000360. The topological polar surface area (TPSA) is 78.9 Å². The molecule has 2 aliphatic heterocycles. The van der Waals surface area contributed by atoms with Crippen molar-refractivity contribution in [2.24, 2.45) is 11.3 Å². The number of carboxylic acids is 1. The molecule has 0 aliphatic carbocycles. The molecule has 1 aromatic carbocycles. The van der Waals surface area contributed by atoms with Crippen LogP contribution < -0.4 is 5.32 Å². The summed E-state index contributed by atoms with van der Waals surface area (Å²) in [4.78, 5) is 24.4. The summed E-state index contributed by atoms with van der Waals surface area (Å²) < 4.78 is 37.3. The first kappa shape index (κ1) is 24.2. The third-order valence-corrected chi connectivity index (χ3v) is 6.53. The van der Waals surface area contributed by atoms with Gasteiger partial charge in [-0.15, -0.1) is 0 Å². The summed E-state index contributed by atoms with van der Waals surface area (Å²) in [7, 11) is 0. The number of rotatable bonds is 4. The number of amides is 1. The zero-order chi connectivity index (χ0) is 23.2. The Morgan fingerprint density at radius 2 is 1.84 bits per heavy atom. The molecule has 0 radical (unpaired) electrons. The van der Waals surface area contributed by atoms with Gasteiger partial charge in [-0.1, -0.05) is 18.2 Å². The number of likely N-dealkylation sites (tertiary alicyclic amines) is 1. The molecule has 2 fully saturated rings. The molecule has 1 unspecified atom stereocenters. The summed E-state index contributed by atoms with van der Waals surface area (Å²) >= 11 is 1.73. The number of nitrogens with one attached hydrogen (secondary N) is 1. The van der Waals surface area contributed by atoms with E-state index in [0.29, 0.717) is 0 Å². The monoisotopic (exact) mass is 470 g/mol. The van der Waals surface area contributed by atoms with Crippen molar-refractivity contribution in [1.82, 2.24) is 4.90 Å². The van der Waals surface area contributed by atoms with Crippen LogP contribution in [0, 0.1) is 11.3 Å². The molecule has 32 heavy (non-hydrogen) atoms.